The van der Waals surface area contributed by atoms with Gasteiger partial charge in [-0.15, -0.1) is 0 Å². The van der Waals surface area contributed by atoms with E-state index in [1.807, 2.05) is 13.0 Å². The van der Waals surface area contributed by atoms with Crippen LogP contribution in [-0.4, -0.2) is 50.2 Å². The molecule has 0 aliphatic carbocycles. The van der Waals surface area contributed by atoms with E-state index in [0.717, 1.165) is 19.6 Å². The maximum absolute atomic E-state index is 11.0. The Balaban J connectivity index is 2.20. The van der Waals surface area contributed by atoms with Gasteiger partial charge in [-0.2, -0.15) is 0 Å². The van der Waals surface area contributed by atoms with Crippen molar-refractivity contribution in [3.8, 4) is 0 Å². The minimum absolute atomic E-state index is 0.254. The van der Waals surface area contributed by atoms with Crippen molar-refractivity contribution in [1.29, 1.82) is 0 Å². The Morgan fingerprint density at radius 1 is 1.67 bits per heavy atom. The van der Waals surface area contributed by atoms with E-state index in [0.29, 0.717) is 12.6 Å². The predicted molar refractivity (Wildman–Crippen MR) is 59.7 cm³/mol. The van der Waals surface area contributed by atoms with Crippen molar-refractivity contribution >= 4 is 5.97 Å². The van der Waals surface area contributed by atoms with Crippen LogP contribution in [0.15, 0.2) is 12.2 Å². The van der Waals surface area contributed by atoms with E-state index >= 15 is 0 Å². The zero-order valence-electron chi connectivity index (χ0n) is 9.53. The van der Waals surface area contributed by atoms with Crippen molar-refractivity contribution in [3.63, 3.8) is 0 Å². The summed E-state index contributed by atoms with van der Waals surface area (Å²) in [5.41, 5.74) is 0. The number of ether oxygens (including phenoxy) is 1. The lowest BCUT2D eigenvalue weighted by atomic mass is 10.2. The molecule has 86 valence electrons. The second-order valence-corrected chi connectivity index (χ2v) is 3.74. The van der Waals surface area contributed by atoms with E-state index in [4.69, 9.17) is 4.74 Å². The molecule has 1 saturated heterocycles. The van der Waals surface area contributed by atoms with E-state index in [2.05, 4.69) is 17.3 Å². The van der Waals surface area contributed by atoms with E-state index in [-0.39, 0.29) is 5.97 Å². The predicted octanol–water partition coefficient (Wildman–Crippen LogP) is 0.399. The van der Waals surface area contributed by atoms with Crippen LogP contribution in [0.25, 0.3) is 0 Å². The fraction of sp³-hybridized carbons (Fsp3) is 0.727. The van der Waals surface area contributed by atoms with Crippen LogP contribution < -0.4 is 5.32 Å². The molecule has 0 radical (unpaired) electrons. The van der Waals surface area contributed by atoms with Gasteiger partial charge in [0, 0.05) is 25.2 Å². The number of carbonyl (C=O) groups excluding carboxylic acids is 1. The Kier molecular flexibility index (Phi) is 5.36. The standard InChI is InChI=1S/C11H20N2O2/c1-3-15-11(14)5-4-8-13(2)10-6-7-12-9-10/h4-5,10,12H,3,6-9H2,1-2H3/b5-4+. The number of esters is 1. The van der Waals surface area contributed by atoms with Crippen molar-refractivity contribution < 1.29 is 9.53 Å². The van der Waals surface area contributed by atoms with Crippen molar-refractivity contribution in [2.75, 3.05) is 33.3 Å². The third-order valence-electron chi connectivity index (χ3n) is 2.59. The second kappa shape index (κ2) is 6.58. The molecule has 0 bridgehead atoms. The molecule has 1 fully saturated rings. The summed E-state index contributed by atoms with van der Waals surface area (Å²) in [5, 5.41) is 3.32. The molecule has 1 atom stereocenters. The van der Waals surface area contributed by atoms with Gasteiger partial charge in [0.05, 0.1) is 6.61 Å². The first-order chi connectivity index (χ1) is 7.24. The maximum Gasteiger partial charge on any atom is 0.330 e. The van der Waals surface area contributed by atoms with E-state index in [1.165, 1.54) is 12.5 Å². The fourth-order valence-electron chi connectivity index (χ4n) is 1.67. The zero-order valence-corrected chi connectivity index (χ0v) is 9.53. The lowest BCUT2D eigenvalue weighted by Gasteiger charge is -2.21. The summed E-state index contributed by atoms with van der Waals surface area (Å²) in [6.07, 6.45) is 4.54. The Hall–Kier alpha value is -0.870. The van der Waals surface area contributed by atoms with Crippen LogP contribution in [0.5, 0.6) is 0 Å². The van der Waals surface area contributed by atoms with Crippen LogP contribution in [0, 0.1) is 0 Å². The number of nitrogens with zero attached hydrogens (tertiary/aromatic N) is 1. The number of hydrogen-bond acceptors (Lipinski definition) is 4. The number of rotatable bonds is 5. The number of likely N-dealkylation sites (N-methyl/N-ethyl adjacent to an activating group) is 1. The van der Waals surface area contributed by atoms with Gasteiger partial charge < -0.3 is 10.1 Å². The lowest BCUT2D eigenvalue weighted by Crippen LogP contribution is -2.33. The molecule has 0 amide bonds. The number of hydrogen-bond donors (Lipinski definition) is 1. The van der Waals surface area contributed by atoms with Gasteiger partial charge in [0.15, 0.2) is 0 Å². The average Bonchev–Trinajstić information content (AvgIpc) is 2.70. The summed E-state index contributed by atoms with van der Waals surface area (Å²) >= 11 is 0. The molecule has 1 heterocycles. The van der Waals surface area contributed by atoms with E-state index in [1.54, 1.807) is 0 Å². The van der Waals surface area contributed by atoms with Crippen LogP contribution in [0.2, 0.25) is 0 Å². The largest absolute Gasteiger partial charge is 0.463 e. The first-order valence-corrected chi connectivity index (χ1v) is 5.48. The van der Waals surface area contributed by atoms with Crippen LogP contribution in [-0.2, 0) is 9.53 Å². The van der Waals surface area contributed by atoms with E-state index < -0.39 is 0 Å². The minimum Gasteiger partial charge on any atom is -0.463 e. The molecule has 0 aromatic heterocycles. The highest BCUT2D eigenvalue weighted by atomic mass is 16.5. The molecule has 0 spiro atoms. The third kappa shape index (κ3) is 4.44. The maximum atomic E-state index is 11.0. The molecule has 1 aliphatic rings. The molecule has 0 aromatic carbocycles. The molecule has 0 saturated carbocycles. The molecule has 1 N–H and O–H groups in total. The summed E-state index contributed by atoms with van der Waals surface area (Å²) in [4.78, 5) is 13.3. The third-order valence-corrected chi connectivity index (χ3v) is 2.59. The quantitative estimate of drug-likeness (QED) is 0.529. The van der Waals surface area contributed by atoms with Gasteiger partial charge in [0.2, 0.25) is 0 Å². The number of carbonyl (C=O) groups is 1. The molecular formula is C11H20N2O2. The van der Waals surface area contributed by atoms with Crippen molar-refractivity contribution in [1.82, 2.24) is 10.2 Å². The molecule has 1 unspecified atom stereocenters. The summed E-state index contributed by atoms with van der Waals surface area (Å²) in [6.45, 7) is 5.18. The minimum atomic E-state index is -0.254. The normalized spacial score (nSPS) is 21.4. The molecule has 15 heavy (non-hydrogen) atoms. The molecule has 4 nitrogen and oxygen atoms in total. The Labute approximate surface area is 91.3 Å². The molecule has 1 rings (SSSR count). The van der Waals surface area contributed by atoms with Gasteiger partial charge >= 0.3 is 5.97 Å². The summed E-state index contributed by atoms with van der Waals surface area (Å²) in [6, 6.07) is 0.594. The highest BCUT2D eigenvalue weighted by Gasteiger charge is 2.17. The monoisotopic (exact) mass is 212 g/mol. The van der Waals surface area contributed by atoms with Crippen LogP contribution >= 0.6 is 0 Å². The molecule has 0 aromatic rings. The van der Waals surface area contributed by atoms with Crippen molar-refractivity contribution in [2.24, 2.45) is 0 Å². The number of nitrogens with one attached hydrogen (secondary N) is 1. The van der Waals surface area contributed by atoms with Gasteiger partial charge in [0.1, 0.15) is 0 Å². The SMILES string of the molecule is CCOC(=O)/C=C/CN(C)C1CCNC1. The van der Waals surface area contributed by atoms with Gasteiger partial charge in [-0.25, -0.2) is 4.79 Å². The average molecular weight is 212 g/mol. The summed E-state index contributed by atoms with van der Waals surface area (Å²) in [5.74, 6) is -0.254. The fourth-order valence-corrected chi connectivity index (χ4v) is 1.67. The summed E-state index contributed by atoms with van der Waals surface area (Å²) in [7, 11) is 2.08. The van der Waals surface area contributed by atoms with Gasteiger partial charge in [-0.3, -0.25) is 4.90 Å². The molecule has 1 aliphatic heterocycles. The molecule has 4 heteroatoms. The Bertz CT molecular complexity index is 223. The second-order valence-electron chi connectivity index (χ2n) is 3.74. The van der Waals surface area contributed by atoms with Gasteiger partial charge in [0.25, 0.3) is 0 Å². The Morgan fingerprint density at radius 3 is 3.07 bits per heavy atom. The van der Waals surface area contributed by atoms with Gasteiger partial charge in [-0.05, 0) is 26.9 Å². The smallest absolute Gasteiger partial charge is 0.330 e. The van der Waals surface area contributed by atoms with Crippen LogP contribution in [0.3, 0.4) is 0 Å². The first-order valence-electron chi connectivity index (χ1n) is 5.48. The van der Waals surface area contributed by atoms with Crippen LogP contribution in [0.4, 0.5) is 0 Å². The zero-order chi connectivity index (χ0) is 11.1. The molecular weight excluding hydrogens is 192 g/mol. The summed E-state index contributed by atoms with van der Waals surface area (Å²) < 4.78 is 4.79. The van der Waals surface area contributed by atoms with Crippen LogP contribution in [0.1, 0.15) is 13.3 Å². The Morgan fingerprint density at radius 2 is 2.47 bits per heavy atom. The van der Waals surface area contributed by atoms with Gasteiger partial charge in [-0.1, -0.05) is 6.08 Å². The van der Waals surface area contributed by atoms with Crippen molar-refractivity contribution in [2.45, 2.75) is 19.4 Å². The highest BCUT2D eigenvalue weighted by Crippen LogP contribution is 2.05. The highest BCUT2D eigenvalue weighted by molar-refractivity contribution is 5.81. The first kappa shape index (κ1) is 12.2. The lowest BCUT2D eigenvalue weighted by molar-refractivity contribution is -0.137. The van der Waals surface area contributed by atoms with E-state index in [9.17, 15) is 4.79 Å². The van der Waals surface area contributed by atoms with Crippen molar-refractivity contribution in [3.05, 3.63) is 12.2 Å². The topological polar surface area (TPSA) is 41.6 Å².